The molecule has 0 unspecified atom stereocenters. The zero-order valence-corrected chi connectivity index (χ0v) is 14.4. The molecule has 2 aromatic heterocycles. The minimum absolute atomic E-state index is 0.0817. The Hall–Kier alpha value is -2.14. The third-order valence-electron chi connectivity index (χ3n) is 3.82. The van der Waals surface area contributed by atoms with Gasteiger partial charge < -0.3 is 4.42 Å². The average Bonchev–Trinajstić information content (AvgIpc) is 3.18. The molecule has 0 spiro atoms. The molecule has 3 aromatic rings. The lowest BCUT2D eigenvalue weighted by atomic mass is 10.1. The molecule has 5 heteroatoms. The summed E-state index contributed by atoms with van der Waals surface area (Å²) in [6.45, 7) is 6.56. The molecule has 0 aliphatic rings. The molecule has 0 atom stereocenters. The summed E-state index contributed by atoms with van der Waals surface area (Å²) in [5.41, 5.74) is 3.31. The summed E-state index contributed by atoms with van der Waals surface area (Å²) in [6.07, 6.45) is 2.95. The lowest BCUT2D eigenvalue weighted by Gasteiger charge is -2.18. The quantitative estimate of drug-likeness (QED) is 0.673. The molecule has 0 aliphatic heterocycles. The number of amides is 1. The van der Waals surface area contributed by atoms with Gasteiger partial charge in [0.15, 0.2) is 5.13 Å². The number of carbonyl (C=O) groups is 1. The number of carbonyl (C=O) groups excluding carboxylic acids is 1. The monoisotopic (exact) mass is 328 g/mol. The van der Waals surface area contributed by atoms with Gasteiger partial charge in [-0.15, -0.1) is 0 Å². The molecule has 120 valence electrons. The molecule has 0 saturated carbocycles. The highest BCUT2D eigenvalue weighted by molar-refractivity contribution is 7.22. The standard InChI is InChI=1S/C18H20N2O2S/c1-4-6-15(21)20(11-14-7-5-10-22-14)18-19-16-12(2)8-9-13(3)17(16)23-18/h5,7-10H,4,6,11H2,1-3H3. The largest absolute Gasteiger partial charge is 0.467 e. The maximum Gasteiger partial charge on any atom is 0.229 e. The molecule has 0 saturated heterocycles. The van der Waals surface area contributed by atoms with E-state index in [0.717, 1.165) is 33.1 Å². The van der Waals surface area contributed by atoms with Crippen molar-refractivity contribution in [2.45, 2.75) is 40.2 Å². The maximum absolute atomic E-state index is 12.6. The first-order valence-corrected chi connectivity index (χ1v) is 8.61. The van der Waals surface area contributed by atoms with E-state index >= 15 is 0 Å². The van der Waals surface area contributed by atoms with E-state index in [2.05, 4.69) is 26.0 Å². The van der Waals surface area contributed by atoms with Gasteiger partial charge in [0.2, 0.25) is 5.91 Å². The number of thiazole rings is 1. The van der Waals surface area contributed by atoms with Gasteiger partial charge in [-0.3, -0.25) is 9.69 Å². The highest BCUT2D eigenvalue weighted by atomic mass is 32.1. The van der Waals surface area contributed by atoms with E-state index in [4.69, 9.17) is 9.40 Å². The Morgan fingerprint density at radius 3 is 2.70 bits per heavy atom. The van der Waals surface area contributed by atoms with E-state index in [1.807, 2.05) is 19.1 Å². The third kappa shape index (κ3) is 3.15. The molecule has 0 aliphatic carbocycles. The zero-order valence-electron chi connectivity index (χ0n) is 13.6. The lowest BCUT2D eigenvalue weighted by Crippen LogP contribution is -2.29. The molecule has 3 rings (SSSR count). The van der Waals surface area contributed by atoms with Crippen LogP contribution in [0.5, 0.6) is 0 Å². The molecule has 0 radical (unpaired) electrons. The second-order valence-corrected chi connectivity index (χ2v) is 6.66. The van der Waals surface area contributed by atoms with Gasteiger partial charge in [0.25, 0.3) is 0 Å². The zero-order chi connectivity index (χ0) is 16.4. The normalized spacial score (nSPS) is 11.1. The van der Waals surface area contributed by atoms with Gasteiger partial charge in [0, 0.05) is 6.42 Å². The van der Waals surface area contributed by atoms with Gasteiger partial charge in [-0.05, 0) is 43.5 Å². The van der Waals surface area contributed by atoms with Crippen molar-refractivity contribution in [2.75, 3.05) is 4.90 Å². The first-order chi connectivity index (χ1) is 11.1. The van der Waals surface area contributed by atoms with Crippen LogP contribution < -0.4 is 4.90 Å². The van der Waals surface area contributed by atoms with Crippen LogP contribution in [-0.2, 0) is 11.3 Å². The molecule has 0 bridgehead atoms. The number of furan rings is 1. The van der Waals surface area contributed by atoms with Crippen LogP contribution in [0.3, 0.4) is 0 Å². The average molecular weight is 328 g/mol. The van der Waals surface area contributed by atoms with Gasteiger partial charge in [0.1, 0.15) is 5.76 Å². The highest BCUT2D eigenvalue weighted by Gasteiger charge is 2.21. The fraction of sp³-hybridized carbons (Fsp3) is 0.333. The van der Waals surface area contributed by atoms with Crippen molar-refractivity contribution in [2.24, 2.45) is 0 Å². The molecule has 0 fully saturated rings. The van der Waals surface area contributed by atoms with E-state index in [1.54, 1.807) is 22.5 Å². The summed E-state index contributed by atoms with van der Waals surface area (Å²) >= 11 is 1.57. The molecule has 2 heterocycles. The summed E-state index contributed by atoms with van der Waals surface area (Å²) < 4.78 is 6.57. The predicted molar refractivity (Wildman–Crippen MR) is 93.9 cm³/mol. The number of rotatable bonds is 5. The summed E-state index contributed by atoms with van der Waals surface area (Å²) in [6, 6.07) is 7.90. The topological polar surface area (TPSA) is 46.3 Å². The molecule has 4 nitrogen and oxygen atoms in total. The number of benzene rings is 1. The van der Waals surface area contributed by atoms with Gasteiger partial charge in [-0.2, -0.15) is 0 Å². The first kappa shape index (κ1) is 15.7. The van der Waals surface area contributed by atoms with Crippen LogP contribution in [0.25, 0.3) is 10.2 Å². The number of aryl methyl sites for hydroxylation is 2. The van der Waals surface area contributed by atoms with E-state index in [0.29, 0.717) is 13.0 Å². The molecule has 23 heavy (non-hydrogen) atoms. The number of nitrogens with zero attached hydrogens (tertiary/aromatic N) is 2. The highest BCUT2D eigenvalue weighted by Crippen LogP contribution is 2.34. The smallest absolute Gasteiger partial charge is 0.229 e. The van der Waals surface area contributed by atoms with Crippen molar-refractivity contribution >= 4 is 32.6 Å². The van der Waals surface area contributed by atoms with Crippen LogP contribution in [0, 0.1) is 13.8 Å². The molecule has 0 N–H and O–H groups in total. The van der Waals surface area contributed by atoms with Crippen LogP contribution in [0.1, 0.15) is 36.7 Å². The number of hydrogen-bond donors (Lipinski definition) is 0. The Kier molecular flexibility index (Phi) is 4.48. The number of fused-ring (bicyclic) bond motifs is 1. The third-order valence-corrected chi connectivity index (χ3v) is 5.03. The predicted octanol–water partition coefficient (Wildman–Crippen LogP) is 4.84. The lowest BCUT2D eigenvalue weighted by molar-refractivity contribution is -0.118. The van der Waals surface area contributed by atoms with Crippen LogP contribution in [0.15, 0.2) is 34.9 Å². The van der Waals surface area contributed by atoms with E-state index < -0.39 is 0 Å². The van der Waals surface area contributed by atoms with Crippen molar-refractivity contribution in [1.29, 1.82) is 0 Å². The van der Waals surface area contributed by atoms with Crippen LogP contribution >= 0.6 is 11.3 Å². The SMILES string of the molecule is CCCC(=O)N(Cc1ccco1)c1nc2c(C)ccc(C)c2s1. The van der Waals surface area contributed by atoms with Crippen molar-refractivity contribution in [1.82, 2.24) is 4.98 Å². The van der Waals surface area contributed by atoms with Gasteiger partial charge in [0.05, 0.1) is 23.0 Å². The van der Waals surface area contributed by atoms with Gasteiger partial charge >= 0.3 is 0 Å². The maximum atomic E-state index is 12.6. The second-order valence-electron chi connectivity index (χ2n) is 5.68. The summed E-state index contributed by atoms with van der Waals surface area (Å²) in [7, 11) is 0. The van der Waals surface area contributed by atoms with Gasteiger partial charge in [-0.25, -0.2) is 4.98 Å². The number of anilines is 1. The van der Waals surface area contributed by atoms with Crippen LogP contribution in [-0.4, -0.2) is 10.9 Å². The van der Waals surface area contributed by atoms with Crippen LogP contribution in [0.2, 0.25) is 0 Å². The summed E-state index contributed by atoms with van der Waals surface area (Å²) in [5, 5.41) is 0.743. The Bertz CT molecular complexity index is 782. The molecular formula is C18H20N2O2S. The minimum Gasteiger partial charge on any atom is -0.467 e. The first-order valence-electron chi connectivity index (χ1n) is 7.79. The van der Waals surface area contributed by atoms with Crippen molar-refractivity contribution < 1.29 is 9.21 Å². The summed E-state index contributed by atoms with van der Waals surface area (Å²) in [4.78, 5) is 19.0. The van der Waals surface area contributed by atoms with Crippen molar-refractivity contribution in [3.05, 3.63) is 47.4 Å². The molecule has 1 aromatic carbocycles. The Morgan fingerprint density at radius 2 is 2.04 bits per heavy atom. The fourth-order valence-corrected chi connectivity index (χ4v) is 3.66. The van der Waals surface area contributed by atoms with E-state index in [1.165, 1.54) is 5.56 Å². The number of aromatic nitrogens is 1. The summed E-state index contributed by atoms with van der Waals surface area (Å²) in [5.74, 6) is 0.848. The van der Waals surface area contributed by atoms with Gasteiger partial charge in [-0.1, -0.05) is 30.4 Å². The minimum atomic E-state index is 0.0817. The van der Waals surface area contributed by atoms with Crippen LogP contribution in [0.4, 0.5) is 5.13 Å². The van der Waals surface area contributed by atoms with Crippen molar-refractivity contribution in [3.63, 3.8) is 0 Å². The molecule has 1 amide bonds. The fourth-order valence-electron chi connectivity index (χ4n) is 2.53. The van der Waals surface area contributed by atoms with E-state index in [-0.39, 0.29) is 5.91 Å². The number of hydrogen-bond acceptors (Lipinski definition) is 4. The second kappa shape index (κ2) is 6.54. The Balaban J connectivity index is 2.03. The van der Waals surface area contributed by atoms with Crippen molar-refractivity contribution in [3.8, 4) is 0 Å². The Morgan fingerprint density at radius 1 is 1.26 bits per heavy atom. The molecular weight excluding hydrogens is 308 g/mol. The van der Waals surface area contributed by atoms with E-state index in [9.17, 15) is 4.79 Å². The Labute approximate surface area is 139 Å².